The average molecular weight is 318 g/mol. The van der Waals surface area contributed by atoms with Crippen molar-refractivity contribution in [1.82, 2.24) is 0 Å². The molecule has 0 fully saturated rings. The normalized spacial score (nSPS) is 11.7. The summed E-state index contributed by atoms with van der Waals surface area (Å²) in [5.74, 6) is -8.10. The molecule has 21 heavy (non-hydrogen) atoms. The minimum atomic E-state index is -4.56. The lowest BCUT2D eigenvalue weighted by atomic mass is 10.2. The van der Waals surface area contributed by atoms with Gasteiger partial charge in [-0.2, -0.15) is 0 Å². The van der Waals surface area contributed by atoms with E-state index in [-0.39, 0.29) is 11.6 Å². The van der Waals surface area contributed by atoms with Gasteiger partial charge in [-0.05, 0) is 12.5 Å². The lowest BCUT2D eigenvalue weighted by Gasteiger charge is -2.08. The van der Waals surface area contributed by atoms with Crippen LogP contribution in [0.15, 0.2) is 35.2 Å². The molecule has 0 aromatic heterocycles. The maximum atomic E-state index is 13.5. The zero-order valence-electron chi connectivity index (χ0n) is 10.8. The maximum Gasteiger partial charge on any atom is 0.188 e. The number of hydrogen-bond donors (Lipinski definition) is 0. The van der Waals surface area contributed by atoms with Crippen molar-refractivity contribution in [2.24, 2.45) is 0 Å². The highest BCUT2D eigenvalue weighted by atomic mass is 32.2. The first-order valence-electron chi connectivity index (χ1n) is 5.83. The van der Waals surface area contributed by atoms with Gasteiger partial charge >= 0.3 is 0 Å². The molecule has 2 nitrogen and oxygen atoms in total. The third-order valence-corrected chi connectivity index (χ3v) is 4.55. The first kappa shape index (κ1) is 15.5. The van der Waals surface area contributed by atoms with Crippen LogP contribution in [0.4, 0.5) is 17.6 Å². The molecular weight excluding hydrogens is 308 g/mol. The Morgan fingerprint density at radius 1 is 0.905 bits per heavy atom. The van der Waals surface area contributed by atoms with E-state index < -0.39 is 43.8 Å². The molecule has 0 aliphatic heterocycles. The molecule has 0 radical (unpaired) electrons. The van der Waals surface area contributed by atoms with Crippen LogP contribution in [-0.2, 0) is 15.6 Å². The summed E-state index contributed by atoms with van der Waals surface area (Å²) in [5, 5.41) is 0. The largest absolute Gasteiger partial charge is 0.223 e. The van der Waals surface area contributed by atoms with Crippen LogP contribution in [0.5, 0.6) is 0 Å². The summed E-state index contributed by atoms with van der Waals surface area (Å²) in [7, 11) is -4.56. The number of rotatable bonds is 3. The van der Waals surface area contributed by atoms with Crippen LogP contribution >= 0.6 is 0 Å². The van der Waals surface area contributed by atoms with Crippen LogP contribution in [0.25, 0.3) is 0 Å². The van der Waals surface area contributed by atoms with Crippen molar-refractivity contribution in [2.75, 3.05) is 0 Å². The van der Waals surface area contributed by atoms with Gasteiger partial charge < -0.3 is 0 Å². The summed E-state index contributed by atoms with van der Waals surface area (Å²) in [6.07, 6.45) is 0. The summed E-state index contributed by atoms with van der Waals surface area (Å²) in [5.41, 5.74) is 1.12. The fourth-order valence-corrected chi connectivity index (χ4v) is 3.32. The highest BCUT2D eigenvalue weighted by Crippen LogP contribution is 2.26. The van der Waals surface area contributed by atoms with Crippen molar-refractivity contribution in [3.63, 3.8) is 0 Å². The lowest BCUT2D eigenvalue weighted by Crippen LogP contribution is -2.12. The fourth-order valence-electron chi connectivity index (χ4n) is 1.80. The van der Waals surface area contributed by atoms with Crippen LogP contribution in [0, 0.1) is 30.2 Å². The summed E-state index contributed by atoms with van der Waals surface area (Å²) in [6.45, 7) is 1.78. The zero-order chi connectivity index (χ0) is 15.8. The smallest absolute Gasteiger partial charge is 0.188 e. The Bertz CT molecular complexity index is 757. The van der Waals surface area contributed by atoms with E-state index in [1.165, 1.54) is 12.1 Å². The van der Waals surface area contributed by atoms with Gasteiger partial charge in [-0.3, -0.25) is 0 Å². The van der Waals surface area contributed by atoms with Crippen LogP contribution < -0.4 is 0 Å². The van der Waals surface area contributed by atoms with E-state index in [1.54, 1.807) is 19.1 Å². The summed E-state index contributed by atoms with van der Waals surface area (Å²) < 4.78 is 77.3. The quantitative estimate of drug-likeness (QED) is 0.641. The molecule has 0 atom stereocenters. The minimum Gasteiger partial charge on any atom is -0.223 e. The van der Waals surface area contributed by atoms with E-state index in [0.717, 1.165) is 5.56 Å². The van der Waals surface area contributed by atoms with Gasteiger partial charge in [0.2, 0.25) is 0 Å². The van der Waals surface area contributed by atoms with Crippen molar-refractivity contribution in [2.45, 2.75) is 17.6 Å². The van der Waals surface area contributed by atoms with Crippen molar-refractivity contribution >= 4 is 9.84 Å². The SMILES string of the molecule is Cc1ccc(CS(=O)(=O)c2c(F)c(F)cc(F)c2F)cc1. The number of halogens is 4. The molecule has 0 saturated heterocycles. The summed E-state index contributed by atoms with van der Waals surface area (Å²) in [4.78, 5) is -1.58. The van der Waals surface area contributed by atoms with E-state index in [0.29, 0.717) is 0 Å². The Kier molecular flexibility index (Phi) is 4.04. The Morgan fingerprint density at radius 2 is 1.38 bits per heavy atom. The fraction of sp³-hybridized carbons (Fsp3) is 0.143. The molecule has 112 valence electrons. The molecule has 0 unspecified atom stereocenters. The molecule has 0 heterocycles. The van der Waals surface area contributed by atoms with Gasteiger partial charge in [0.05, 0.1) is 5.75 Å². The van der Waals surface area contributed by atoms with Crippen LogP contribution in [0.1, 0.15) is 11.1 Å². The van der Waals surface area contributed by atoms with Crippen molar-refractivity contribution in [1.29, 1.82) is 0 Å². The highest BCUT2D eigenvalue weighted by molar-refractivity contribution is 7.90. The van der Waals surface area contributed by atoms with Crippen molar-refractivity contribution < 1.29 is 26.0 Å². The number of benzene rings is 2. The van der Waals surface area contributed by atoms with E-state index in [9.17, 15) is 26.0 Å². The van der Waals surface area contributed by atoms with Gasteiger partial charge in [0, 0.05) is 6.07 Å². The van der Waals surface area contributed by atoms with Crippen LogP contribution in [0.2, 0.25) is 0 Å². The molecular formula is C14H10F4O2S. The van der Waals surface area contributed by atoms with Gasteiger partial charge in [-0.15, -0.1) is 0 Å². The zero-order valence-corrected chi connectivity index (χ0v) is 11.6. The Labute approximate surface area is 119 Å². The van der Waals surface area contributed by atoms with Crippen molar-refractivity contribution in [3.8, 4) is 0 Å². The molecule has 2 aromatic carbocycles. The predicted molar refractivity (Wildman–Crippen MR) is 68.3 cm³/mol. The highest BCUT2D eigenvalue weighted by Gasteiger charge is 2.29. The molecule has 0 aliphatic rings. The van der Waals surface area contributed by atoms with Gasteiger partial charge in [-0.25, -0.2) is 26.0 Å². The van der Waals surface area contributed by atoms with Gasteiger partial charge in [0.15, 0.2) is 33.1 Å². The van der Waals surface area contributed by atoms with Gasteiger partial charge in [0.25, 0.3) is 0 Å². The third kappa shape index (κ3) is 3.07. The second-order valence-corrected chi connectivity index (χ2v) is 6.47. The number of sulfone groups is 1. The average Bonchev–Trinajstić information content (AvgIpc) is 2.39. The van der Waals surface area contributed by atoms with E-state index in [4.69, 9.17) is 0 Å². The Hall–Kier alpha value is -1.89. The molecule has 0 amide bonds. The molecule has 7 heteroatoms. The first-order valence-corrected chi connectivity index (χ1v) is 7.49. The lowest BCUT2D eigenvalue weighted by molar-refractivity contribution is 0.419. The van der Waals surface area contributed by atoms with E-state index in [2.05, 4.69) is 0 Å². The topological polar surface area (TPSA) is 34.1 Å². The molecule has 0 aliphatic carbocycles. The summed E-state index contributed by atoms with van der Waals surface area (Å²) >= 11 is 0. The maximum absolute atomic E-state index is 13.5. The molecule has 2 aromatic rings. The second-order valence-electron chi connectivity index (χ2n) is 4.54. The molecule has 0 spiro atoms. The predicted octanol–water partition coefficient (Wildman–Crippen LogP) is 3.53. The molecule has 0 bridgehead atoms. The first-order chi connectivity index (χ1) is 9.72. The Balaban J connectivity index is 2.52. The molecule has 0 N–H and O–H groups in total. The Morgan fingerprint density at radius 3 is 1.86 bits per heavy atom. The summed E-state index contributed by atoms with van der Waals surface area (Å²) in [6, 6.07) is 6.11. The van der Waals surface area contributed by atoms with Crippen LogP contribution in [-0.4, -0.2) is 8.42 Å². The minimum absolute atomic E-state index is 0.0322. The van der Waals surface area contributed by atoms with Gasteiger partial charge in [0.1, 0.15) is 4.90 Å². The second kappa shape index (κ2) is 5.48. The van der Waals surface area contributed by atoms with E-state index in [1.807, 2.05) is 0 Å². The third-order valence-electron chi connectivity index (χ3n) is 2.86. The number of hydrogen-bond acceptors (Lipinski definition) is 2. The van der Waals surface area contributed by atoms with E-state index >= 15 is 0 Å². The van der Waals surface area contributed by atoms with Crippen molar-refractivity contribution in [3.05, 3.63) is 64.7 Å². The van der Waals surface area contributed by atoms with Crippen LogP contribution in [0.3, 0.4) is 0 Å². The standard InChI is InChI=1S/C14H10F4O2S/c1-8-2-4-9(5-3-8)7-21(19,20)14-12(17)10(15)6-11(16)13(14)18/h2-6H,7H2,1H3. The molecule has 2 rings (SSSR count). The number of aryl methyl sites for hydroxylation is 1. The monoisotopic (exact) mass is 318 g/mol. The van der Waals surface area contributed by atoms with Gasteiger partial charge in [-0.1, -0.05) is 29.8 Å². The molecule has 0 saturated carbocycles.